The van der Waals surface area contributed by atoms with Gasteiger partial charge in [-0.3, -0.25) is 4.90 Å². The summed E-state index contributed by atoms with van der Waals surface area (Å²) in [4.78, 5) is 6.67. The van der Waals surface area contributed by atoms with Gasteiger partial charge in [0.2, 0.25) is 0 Å². The van der Waals surface area contributed by atoms with Crippen molar-refractivity contribution in [3.05, 3.63) is 18.2 Å². The van der Waals surface area contributed by atoms with Gasteiger partial charge in [-0.25, -0.2) is 4.98 Å². The molecule has 0 aromatic carbocycles. The van der Waals surface area contributed by atoms with Crippen LogP contribution in [0.25, 0.3) is 0 Å². The first-order chi connectivity index (χ1) is 8.79. The van der Waals surface area contributed by atoms with E-state index in [-0.39, 0.29) is 0 Å². The van der Waals surface area contributed by atoms with Crippen molar-refractivity contribution in [3.8, 4) is 0 Å². The lowest BCUT2D eigenvalue weighted by molar-refractivity contribution is 0.0664. The molecule has 0 saturated carbocycles. The van der Waals surface area contributed by atoms with E-state index in [1.54, 1.807) is 7.11 Å². The molecule has 102 valence electrons. The lowest BCUT2D eigenvalue weighted by Gasteiger charge is -2.22. The maximum Gasteiger partial charge on any atom is 0.0949 e. The molecule has 0 N–H and O–H groups in total. The number of aromatic nitrogens is 2. The lowest BCUT2D eigenvalue weighted by Crippen LogP contribution is -2.30. The van der Waals surface area contributed by atoms with Crippen molar-refractivity contribution in [1.29, 1.82) is 0 Å². The van der Waals surface area contributed by atoms with Crippen molar-refractivity contribution in [2.24, 2.45) is 0 Å². The van der Waals surface area contributed by atoms with Crippen molar-refractivity contribution in [3.63, 3.8) is 0 Å². The normalized spacial score (nSPS) is 22.0. The molecule has 1 atom stereocenters. The van der Waals surface area contributed by atoms with Crippen LogP contribution in [-0.2, 0) is 22.6 Å². The molecule has 18 heavy (non-hydrogen) atoms. The highest BCUT2D eigenvalue weighted by Crippen LogP contribution is 2.10. The van der Waals surface area contributed by atoms with Gasteiger partial charge in [0.1, 0.15) is 0 Å². The molecule has 2 heterocycles. The number of methoxy groups -OCH3 is 1. The number of hydrogen-bond donors (Lipinski definition) is 0. The second-order valence-electron chi connectivity index (χ2n) is 4.84. The highest BCUT2D eigenvalue weighted by molar-refractivity contribution is 4.98. The zero-order valence-electron chi connectivity index (χ0n) is 11.3. The fourth-order valence-electron chi connectivity index (χ4n) is 2.32. The summed E-state index contributed by atoms with van der Waals surface area (Å²) in [5.41, 5.74) is 1.25. The van der Waals surface area contributed by atoms with Crippen LogP contribution in [-0.4, -0.2) is 54.0 Å². The topological polar surface area (TPSA) is 39.5 Å². The zero-order valence-corrected chi connectivity index (χ0v) is 11.3. The molecule has 0 aliphatic carbocycles. The Morgan fingerprint density at radius 3 is 3.28 bits per heavy atom. The molecule has 0 bridgehead atoms. The molecule has 1 aromatic heterocycles. The lowest BCUT2D eigenvalue weighted by atomic mass is 10.3. The van der Waals surface area contributed by atoms with E-state index >= 15 is 0 Å². The van der Waals surface area contributed by atoms with Gasteiger partial charge in [-0.2, -0.15) is 0 Å². The van der Waals surface area contributed by atoms with E-state index < -0.39 is 0 Å². The minimum absolute atomic E-state index is 0.322. The highest BCUT2D eigenvalue weighted by Gasteiger charge is 2.16. The molecule has 2 rings (SSSR count). The number of ether oxygens (including phenoxy) is 2. The molecule has 5 heteroatoms. The van der Waals surface area contributed by atoms with Gasteiger partial charge in [0.15, 0.2) is 0 Å². The quantitative estimate of drug-likeness (QED) is 0.789. The van der Waals surface area contributed by atoms with Crippen molar-refractivity contribution in [1.82, 2.24) is 14.5 Å². The van der Waals surface area contributed by atoms with Gasteiger partial charge in [0.05, 0.1) is 24.7 Å². The molecule has 1 aliphatic rings. The maximum absolute atomic E-state index is 5.66. The Bertz CT molecular complexity index is 354. The Morgan fingerprint density at radius 2 is 2.44 bits per heavy atom. The molecule has 5 nitrogen and oxygen atoms in total. The van der Waals surface area contributed by atoms with Gasteiger partial charge in [-0.05, 0) is 13.3 Å². The SMILES string of the molecule is COCCn1cncc1CN1CCCO[C@@H](C)C1. The molecule has 0 amide bonds. The molecule has 0 spiro atoms. The van der Waals surface area contributed by atoms with E-state index in [2.05, 4.69) is 21.4 Å². The highest BCUT2D eigenvalue weighted by atomic mass is 16.5. The molecule has 1 fully saturated rings. The molecular formula is C13H23N3O2. The molecule has 1 aromatic rings. The van der Waals surface area contributed by atoms with Gasteiger partial charge in [-0.15, -0.1) is 0 Å². The third-order valence-electron chi connectivity index (χ3n) is 3.26. The van der Waals surface area contributed by atoms with E-state index in [1.165, 1.54) is 5.69 Å². The molecule has 0 unspecified atom stereocenters. The summed E-state index contributed by atoms with van der Waals surface area (Å²) in [5, 5.41) is 0. The fraction of sp³-hybridized carbons (Fsp3) is 0.769. The Balaban J connectivity index is 1.93. The first kappa shape index (κ1) is 13.5. The molecule has 1 aliphatic heterocycles. The molecule has 1 saturated heterocycles. The van der Waals surface area contributed by atoms with Gasteiger partial charge >= 0.3 is 0 Å². The zero-order chi connectivity index (χ0) is 12.8. The largest absolute Gasteiger partial charge is 0.383 e. The van der Waals surface area contributed by atoms with Gasteiger partial charge in [0.25, 0.3) is 0 Å². The smallest absolute Gasteiger partial charge is 0.0949 e. The summed E-state index contributed by atoms with van der Waals surface area (Å²) < 4.78 is 12.9. The Labute approximate surface area is 109 Å². The summed E-state index contributed by atoms with van der Waals surface area (Å²) in [7, 11) is 1.73. The van der Waals surface area contributed by atoms with E-state index in [0.717, 1.165) is 45.8 Å². The van der Waals surface area contributed by atoms with Crippen LogP contribution in [0.4, 0.5) is 0 Å². The maximum atomic E-state index is 5.66. The van der Waals surface area contributed by atoms with Crippen LogP contribution in [0.3, 0.4) is 0 Å². The second kappa shape index (κ2) is 6.87. The summed E-state index contributed by atoms with van der Waals surface area (Å²) in [5.74, 6) is 0. The summed E-state index contributed by atoms with van der Waals surface area (Å²) >= 11 is 0. The molecule has 0 radical (unpaired) electrons. The van der Waals surface area contributed by atoms with Crippen LogP contribution in [0.2, 0.25) is 0 Å². The van der Waals surface area contributed by atoms with E-state index in [1.807, 2.05) is 12.5 Å². The van der Waals surface area contributed by atoms with Gasteiger partial charge < -0.3 is 14.0 Å². The first-order valence-electron chi connectivity index (χ1n) is 6.61. The van der Waals surface area contributed by atoms with Gasteiger partial charge in [-0.1, -0.05) is 0 Å². The predicted molar refractivity (Wildman–Crippen MR) is 69.4 cm³/mol. The number of rotatable bonds is 5. The minimum atomic E-state index is 0.322. The van der Waals surface area contributed by atoms with Crippen molar-refractivity contribution in [2.45, 2.75) is 32.5 Å². The fourth-order valence-corrected chi connectivity index (χ4v) is 2.32. The Kier molecular flexibility index (Phi) is 5.16. The van der Waals surface area contributed by atoms with Crippen LogP contribution in [0, 0.1) is 0 Å². The molecular weight excluding hydrogens is 230 g/mol. The summed E-state index contributed by atoms with van der Waals surface area (Å²) in [6, 6.07) is 0. The van der Waals surface area contributed by atoms with Crippen molar-refractivity contribution in [2.75, 3.05) is 33.4 Å². The number of nitrogens with zero attached hydrogens (tertiary/aromatic N) is 3. The number of hydrogen-bond acceptors (Lipinski definition) is 4. The van der Waals surface area contributed by atoms with Crippen LogP contribution in [0.15, 0.2) is 12.5 Å². The van der Waals surface area contributed by atoms with Crippen molar-refractivity contribution < 1.29 is 9.47 Å². The van der Waals surface area contributed by atoms with E-state index in [0.29, 0.717) is 6.10 Å². The van der Waals surface area contributed by atoms with Crippen LogP contribution in [0.1, 0.15) is 19.0 Å². The third kappa shape index (κ3) is 3.80. The van der Waals surface area contributed by atoms with E-state index in [9.17, 15) is 0 Å². The van der Waals surface area contributed by atoms with Crippen molar-refractivity contribution >= 4 is 0 Å². The average Bonchev–Trinajstić information content (AvgIpc) is 2.68. The summed E-state index contributed by atoms with van der Waals surface area (Å²) in [6.07, 6.45) is 5.26. The van der Waals surface area contributed by atoms with E-state index in [4.69, 9.17) is 9.47 Å². The Hall–Kier alpha value is -0.910. The van der Waals surface area contributed by atoms with Gasteiger partial charge in [0, 0.05) is 46.1 Å². The minimum Gasteiger partial charge on any atom is -0.383 e. The third-order valence-corrected chi connectivity index (χ3v) is 3.26. The average molecular weight is 253 g/mol. The first-order valence-corrected chi connectivity index (χ1v) is 6.61. The summed E-state index contributed by atoms with van der Waals surface area (Å²) in [6.45, 7) is 7.64. The second-order valence-corrected chi connectivity index (χ2v) is 4.84. The van der Waals surface area contributed by atoms with Crippen LogP contribution >= 0.6 is 0 Å². The van der Waals surface area contributed by atoms with Crippen LogP contribution < -0.4 is 0 Å². The Morgan fingerprint density at radius 1 is 1.56 bits per heavy atom. The van der Waals surface area contributed by atoms with Crippen LogP contribution in [0.5, 0.6) is 0 Å². The predicted octanol–water partition coefficient (Wildman–Crippen LogP) is 1.14. The monoisotopic (exact) mass is 253 g/mol. The standard InChI is InChI=1S/C13H23N3O2/c1-12-9-15(4-3-6-18-12)10-13-8-14-11-16(13)5-7-17-2/h8,11-12H,3-7,9-10H2,1-2H3/t12-/m0/s1. The number of imidazole rings is 1.